The topological polar surface area (TPSA) is 91.4 Å². The number of anilines is 1. The van der Waals surface area contributed by atoms with Gasteiger partial charge in [-0.3, -0.25) is 4.79 Å². The molecule has 1 aromatic rings. The highest BCUT2D eigenvalue weighted by Crippen LogP contribution is 2.23. The van der Waals surface area contributed by atoms with Gasteiger partial charge >= 0.3 is 0 Å². The number of amides is 1. The quantitative estimate of drug-likeness (QED) is 0.666. The van der Waals surface area contributed by atoms with Crippen molar-refractivity contribution >= 4 is 21.7 Å². The van der Waals surface area contributed by atoms with Crippen LogP contribution in [0.3, 0.4) is 0 Å². The molecule has 0 radical (unpaired) electrons. The molecule has 0 atom stereocenters. The predicted molar refractivity (Wildman–Crippen MR) is 108 cm³/mol. The van der Waals surface area contributed by atoms with E-state index in [9.17, 15) is 13.2 Å². The van der Waals surface area contributed by atoms with Gasteiger partial charge in [-0.2, -0.15) is 0 Å². The zero-order valence-corrected chi connectivity index (χ0v) is 17.4. The van der Waals surface area contributed by atoms with Crippen LogP contribution in [-0.4, -0.2) is 44.2 Å². The normalized spacial score (nSPS) is 20.3. The number of nitrogens with zero attached hydrogens (tertiary/aromatic N) is 2. The monoisotopic (exact) mass is 396 g/mol. The molecule has 2 rings (SSSR count). The first-order valence-corrected chi connectivity index (χ1v) is 11.4. The van der Waals surface area contributed by atoms with E-state index in [1.54, 1.807) is 6.20 Å². The molecule has 1 saturated carbocycles. The van der Waals surface area contributed by atoms with Gasteiger partial charge in [0.1, 0.15) is 11.6 Å². The standard InChI is InChI=1S/C19H32N4O3S/c1-4-23(5-2)18-11-8-16(12-20-18)13-21-19(24)14-27(25,26)22-17-9-6-15(3)7-10-17/h8,11-12,15,17,22H,4-7,9-10,13-14H2,1-3H3,(H,21,24). The van der Waals surface area contributed by atoms with Gasteiger partial charge in [-0.1, -0.05) is 13.0 Å². The molecule has 27 heavy (non-hydrogen) atoms. The van der Waals surface area contributed by atoms with E-state index in [0.29, 0.717) is 5.92 Å². The van der Waals surface area contributed by atoms with Gasteiger partial charge in [0.25, 0.3) is 0 Å². The van der Waals surface area contributed by atoms with Gasteiger partial charge in [-0.05, 0) is 57.1 Å². The molecule has 0 aromatic carbocycles. The summed E-state index contributed by atoms with van der Waals surface area (Å²) in [7, 11) is -3.61. The van der Waals surface area contributed by atoms with Gasteiger partial charge in [-0.25, -0.2) is 18.1 Å². The van der Waals surface area contributed by atoms with Crippen molar-refractivity contribution in [3.05, 3.63) is 23.9 Å². The van der Waals surface area contributed by atoms with Gasteiger partial charge in [0.15, 0.2) is 0 Å². The van der Waals surface area contributed by atoms with Crippen molar-refractivity contribution in [2.24, 2.45) is 5.92 Å². The van der Waals surface area contributed by atoms with Gasteiger partial charge in [0.2, 0.25) is 15.9 Å². The lowest BCUT2D eigenvalue weighted by molar-refractivity contribution is -0.118. The third-order valence-corrected chi connectivity index (χ3v) is 6.40. The van der Waals surface area contributed by atoms with Crippen LogP contribution < -0.4 is 14.9 Å². The average molecular weight is 397 g/mol. The van der Waals surface area contributed by atoms with E-state index < -0.39 is 21.7 Å². The Hall–Kier alpha value is -1.67. The fourth-order valence-electron chi connectivity index (χ4n) is 3.35. The zero-order chi connectivity index (χ0) is 19.9. The number of hydrogen-bond donors (Lipinski definition) is 2. The van der Waals surface area contributed by atoms with E-state index in [-0.39, 0.29) is 12.6 Å². The number of nitrogens with one attached hydrogen (secondary N) is 2. The van der Waals surface area contributed by atoms with Crippen molar-refractivity contribution < 1.29 is 13.2 Å². The summed E-state index contributed by atoms with van der Waals surface area (Å²) in [5.74, 6) is 0.503. The lowest BCUT2D eigenvalue weighted by atomic mass is 9.88. The first-order chi connectivity index (χ1) is 12.8. The van der Waals surface area contributed by atoms with E-state index in [2.05, 4.69) is 40.7 Å². The predicted octanol–water partition coefficient (Wildman–Crippen LogP) is 2.04. The fraction of sp³-hybridized carbons (Fsp3) is 0.684. The lowest BCUT2D eigenvalue weighted by Crippen LogP contribution is -2.42. The Morgan fingerprint density at radius 2 is 1.85 bits per heavy atom. The largest absolute Gasteiger partial charge is 0.357 e. The lowest BCUT2D eigenvalue weighted by Gasteiger charge is -2.26. The Morgan fingerprint density at radius 1 is 1.19 bits per heavy atom. The molecule has 1 heterocycles. The highest BCUT2D eigenvalue weighted by molar-refractivity contribution is 7.90. The summed E-state index contributed by atoms with van der Waals surface area (Å²) in [5.41, 5.74) is 0.839. The first-order valence-electron chi connectivity index (χ1n) is 9.79. The molecule has 0 aliphatic heterocycles. The van der Waals surface area contributed by atoms with Crippen molar-refractivity contribution in [3.8, 4) is 0 Å². The molecule has 8 heteroatoms. The Kier molecular flexibility index (Phi) is 8.04. The van der Waals surface area contributed by atoms with Crippen molar-refractivity contribution in [2.75, 3.05) is 23.7 Å². The Balaban J connectivity index is 1.79. The molecule has 2 N–H and O–H groups in total. The first kappa shape index (κ1) is 21.6. The maximum absolute atomic E-state index is 12.2. The molecular weight excluding hydrogens is 364 g/mol. The third kappa shape index (κ3) is 7.10. The van der Waals surface area contributed by atoms with E-state index in [0.717, 1.165) is 50.2 Å². The molecular formula is C19H32N4O3S. The van der Waals surface area contributed by atoms with Crippen LogP contribution >= 0.6 is 0 Å². The van der Waals surface area contributed by atoms with Crippen molar-refractivity contribution in [3.63, 3.8) is 0 Å². The molecule has 0 bridgehead atoms. The third-order valence-electron chi connectivity index (χ3n) is 5.07. The van der Waals surface area contributed by atoms with Crippen LogP contribution in [0.4, 0.5) is 5.82 Å². The molecule has 1 aliphatic rings. The summed E-state index contributed by atoms with van der Waals surface area (Å²) in [4.78, 5) is 18.6. The SMILES string of the molecule is CCN(CC)c1ccc(CNC(=O)CS(=O)(=O)NC2CCC(C)CC2)cn1. The van der Waals surface area contributed by atoms with Crippen LogP contribution in [0.2, 0.25) is 0 Å². The van der Waals surface area contributed by atoms with Gasteiger partial charge < -0.3 is 10.2 Å². The maximum Gasteiger partial charge on any atom is 0.236 e. The molecule has 0 unspecified atom stereocenters. The molecule has 1 amide bonds. The summed E-state index contributed by atoms with van der Waals surface area (Å²) in [6, 6.07) is 3.77. The number of hydrogen-bond acceptors (Lipinski definition) is 5. The Morgan fingerprint density at radius 3 is 2.41 bits per heavy atom. The second kappa shape index (κ2) is 10.0. The van der Waals surface area contributed by atoms with Gasteiger partial charge in [0, 0.05) is 31.9 Å². The fourth-order valence-corrected chi connectivity index (χ4v) is 4.63. The molecule has 152 valence electrons. The summed E-state index contributed by atoms with van der Waals surface area (Å²) in [5, 5.41) is 2.66. The van der Waals surface area contributed by atoms with E-state index in [4.69, 9.17) is 0 Å². The van der Waals surface area contributed by atoms with Gasteiger partial charge in [0.05, 0.1) is 0 Å². The van der Waals surface area contributed by atoms with E-state index >= 15 is 0 Å². The smallest absolute Gasteiger partial charge is 0.236 e. The second-order valence-electron chi connectivity index (χ2n) is 7.31. The minimum Gasteiger partial charge on any atom is -0.357 e. The van der Waals surface area contributed by atoms with E-state index in [1.807, 2.05) is 12.1 Å². The minimum absolute atomic E-state index is 0.0455. The van der Waals surface area contributed by atoms with Crippen LogP contribution in [0.1, 0.15) is 52.0 Å². The highest BCUT2D eigenvalue weighted by atomic mass is 32.2. The summed E-state index contributed by atoms with van der Waals surface area (Å²) >= 11 is 0. The number of sulfonamides is 1. The van der Waals surface area contributed by atoms with Crippen molar-refractivity contribution in [1.82, 2.24) is 15.0 Å². The molecule has 0 saturated heterocycles. The highest BCUT2D eigenvalue weighted by Gasteiger charge is 2.24. The van der Waals surface area contributed by atoms with Crippen LogP contribution in [0.25, 0.3) is 0 Å². The van der Waals surface area contributed by atoms with Crippen molar-refractivity contribution in [2.45, 2.75) is 59.0 Å². The molecule has 7 nitrogen and oxygen atoms in total. The van der Waals surface area contributed by atoms with E-state index in [1.165, 1.54) is 0 Å². The molecule has 0 spiro atoms. The minimum atomic E-state index is -3.61. The maximum atomic E-state index is 12.2. The summed E-state index contributed by atoms with van der Waals surface area (Å²) < 4.78 is 27.1. The number of pyridine rings is 1. The number of carbonyl (C=O) groups is 1. The average Bonchev–Trinajstić information content (AvgIpc) is 2.63. The molecule has 1 aliphatic carbocycles. The number of rotatable bonds is 9. The Labute approximate surface area is 163 Å². The number of carbonyl (C=O) groups excluding carboxylic acids is 1. The van der Waals surface area contributed by atoms with Gasteiger partial charge in [-0.15, -0.1) is 0 Å². The van der Waals surface area contributed by atoms with Crippen LogP contribution in [0.15, 0.2) is 18.3 Å². The second-order valence-corrected chi connectivity index (χ2v) is 9.06. The summed E-state index contributed by atoms with van der Waals surface area (Å²) in [6.07, 6.45) is 5.44. The van der Waals surface area contributed by atoms with Crippen LogP contribution in [0, 0.1) is 5.92 Å². The molecule has 1 aromatic heterocycles. The van der Waals surface area contributed by atoms with Crippen LogP contribution in [-0.2, 0) is 21.4 Å². The van der Waals surface area contributed by atoms with Crippen molar-refractivity contribution in [1.29, 1.82) is 0 Å². The molecule has 1 fully saturated rings. The summed E-state index contributed by atoms with van der Waals surface area (Å²) in [6.45, 7) is 8.35. The van der Waals surface area contributed by atoms with Crippen LogP contribution in [0.5, 0.6) is 0 Å². The zero-order valence-electron chi connectivity index (χ0n) is 16.6. The number of aromatic nitrogens is 1. The Bertz CT molecular complexity index is 694.